The maximum absolute atomic E-state index is 13.2. The number of carbonyl (C=O) groups excluding carboxylic acids is 1. The molecule has 2 aromatic rings. The standard InChI is InChI=1S/C19H21FN2O2/c20-16-6-2-8-18(11-16)24-13-14-4-1-5-15(10-14)19(23)22-9-3-7-17(21)12-22/h1-2,4-6,8,10-11,17H,3,7,9,12-13,21H2. The van der Waals surface area contributed by atoms with Gasteiger partial charge in [0.15, 0.2) is 0 Å². The Morgan fingerprint density at radius 2 is 2.08 bits per heavy atom. The SMILES string of the molecule is NC1CCCN(C(=O)c2cccc(COc3cccc(F)c3)c2)C1. The van der Waals surface area contributed by atoms with E-state index < -0.39 is 0 Å². The van der Waals surface area contributed by atoms with E-state index in [1.807, 2.05) is 18.2 Å². The summed E-state index contributed by atoms with van der Waals surface area (Å²) in [5.41, 5.74) is 7.45. The highest BCUT2D eigenvalue weighted by atomic mass is 19.1. The van der Waals surface area contributed by atoms with E-state index in [1.165, 1.54) is 12.1 Å². The van der Waals surface area contributed by atoms with Crippen molar-refractivity contribution in [3.63, 3.8) is 0 Å². The molecule has 0 aliphatic carbocycles. The molecule has 3 rings (SSSR count). The van der Waals surface area contributed by atoms with Crippen molar-refractivity contribution >= 4 is 5.91 Å². The van der Waals surface area contributed by atoms with Gasteiger partial charge in [0.1, 0.15) is 18.2 Å². The molecule has 24 heavy (non-hydrogen) atoms. The van der Waals surface area contributed by atoms with Gasteiger partial charge in [-0.2, -0.15) is 0 Å². The van der Waals surface area contributed by atoms with Crippen LogP contribution in [0.2, 0.25) is 0 Å². The lowest BCUT2D eigenvalue weighted by atomic mass is 10.0. The van der Waals surface area contributed by atoms with Gasteiger partial charge in [0.05, 0.1) is 0 Å². The molecule has 0 saturated carbocycles. The van der Waals surface area contributed by atoms with Gasteiger partial charge in [-0.25, -0.2) is 4.39 Å². The molecule has 0 radical (unpaired) electrons. The Bertz CT molecular complexity index is 720. The fourth-order valence-electron chi connectivity index (χ4n) is 2.89. The number of nitrogens with zero attached hydrogens (tertiary/aromatic N) is 1. The minimum absolute atomic E-state index is 0.00208. The number of carbonyl (C=O) groups is 1. The highest BCUT2D eigenvalue weighted by molar-refractivity contribution is 5.94. The number of benzene rings is 2. The lowest BCUT2D eigenvalue weighted by Crippen LogP contribution is -2.45. The maximum atomic E-state index is 13.2. The molecule has 1 saturated heterocycles. The number of hydrogen-bond donors (Lipinski definition) is 1. The van der Waals surface area contributed by atoms with Crippen LogP contribution in [0.4, 0.5) is 4.39 Å². The van der Waals surface area contributed by atoms with Gasteiger partial charge < -0.3 is 15.4 Å². The van der Waals surface area contributed by atoms with Gasteiger partial charge in [0, 0.05) is 30.8 Å². The Kier molecular flexibility index (Phi) is 5.11. The van der Waals surface area contributed by atoms with E-state index >= 15 is 0 Å². The zero-order chi connectivity index (χ0) is 16.9. The molecule has 1 amide bonds. The second-order valence-electron chi connectivity index (χ2n) is 6.10. The fourth-order valence-corrected chi connectivity index (χ4v) is 2.89. The Morgan fingerprint density at radius 3 is 2.88 bits per heavy atom. The van der Waals surface area contributed by atoms with E-state index in [0.717, 1.165) is 24.9 Å². The summed E-state index contributed by atoms with van der Waals surface area (Å²) in [5.74, 6) is 0.129. The van der Waals surface area contributed by atoms with Crippen molar-refractivity contribution in [1.82, 2.24) is 4.90 Å². The molecule has 1 unspecified atom stereocenters. The molecule has 1 atom stereocenters. The molecule has 0 spiro atoms. The molecule has 0 aromatic heterocycles. The van der Waals surface area contributed by atoms with E-state index in [-0.39, 0.29) is 24.4 Å². The normalized spacial score (nSPS) is 17.6. The molecule has 126 valence electrons. The zero-order valence-electron chi connectivity index (χ0n) is 13.5. The smallest absolute Gasteiger partial charge is 0.253 e. The first-order chi connectivity index (χ1) is 11.6. The van der Waals surface area contributed by atoms with Crippen LogP contribution in [0.3, 0.4) is 0 Å². The number of ether oxygens (including phenoxy) is 1. The number of amides is 1. The van der Waals surface area contributed by atoms with Gasteiger partial charge >= 0.3 is 0 Å². The maximum Gasteiger partial charge on any atom is 0.253 e. The number of piperidine rings is 1. The second-order valence-corrected chi connectivity index (χ2v) is 6.10. The lowest BCUT2D eigenvalue weighted by molar-refractivity contribution is 0.0708. The third-order valence-electron chi connectivity index (χ3n) is 4.12. The zero-order valence-corrected chi connectivity index (χ0v) is 13.5. The number of halogens is 1. The Morgan fingerprint density at radius 1 is 1.25 bits per heavy atom. The van der Waals surface area contributed by atoms with Crippen LogP contribution in [0.25, 0.3) is 0 Å². The van der Waals surface area contributed by atoms with Crippen molar-refractivity contribution in [2.45, 2.75) is 25.5 Å². The van der Waals surface area contributed by atoms with E-state index in [9.17, 15) is 9.18 Å². The number of rotatable bonds is 4. The molecule has 2 N–H and O–H groups in total. The van der Waals surface area contributed by atoms with E-state index in [2.05, 4.69) is 0 Å². The van der Waals surface area contributed by atoms with E-state index in [1.54, 1.807) is 23.1 Å². The van der Waals surface area contributed by atoms with Crippen molar-refractivity contribution in [2.75, 3.05) is 13.1 Å². The van der Waals surface area contributed by atoms with Gasteiger partial charge in [0.2, 0.25) is 0 Å². The molecule has 1 heterocycles. The van der Waals surface area contributed by atoms with Gasteiger partial charge in [0.25, 0.3) is 5.91 Å². The summed E-state index contributed by atoms with van der Waals surface area (Å²) in [4.78, 5) is 14.4. The molecule has 1 aliphatic rings. The minimum atomic E-state index is -0.335. The first-order valence-electron chi connectivity index (χ1n) is 8.14. The van der Waals surface area contributed by atoms with Crippen molar-refractivity contribution in [3.8, 4) is 5.75 Å². The third-order valence-corrected chi connectivity index (χ3v) is 4.12. The summed E-state index contributed by atoms with van der Waals surface area (Å²) in [6, 6.07) is 13.4. The second kappa shape index (κ2) is 7.45. The Balaban J connectivity index is 1.66. The molecule has 1 aliphatic heterocycles. The van der Waals surface area contributed by atoms with Crippen LogP contribution in [0.15, 0.2) is 48.5 Å². The molecule has 5 heteroatoms. The molecule has 0 bridgehead atoms. The lowest BCUT2D eigenvalue weighted by Gasteiger charge is -2.30. The third kappa shape index (κ3) is 4.11. The predicted octanol–water partition coefficient (Wildman–Crippen LogP) is 2.97. The quantitative estimate of drug-likeness (QED) is 0.939. The van der Waals surface area contributed by atoms with Crippen molar-refractivity contribution < 1.29 is 13.9 Å². The van der Waals surface area contributed by atoms with Crippen LogP contribution in [0, 0.1) is 5.82 Å². The summed E-state index contributed by atoms with van der Waals surface area (Å²) in [6.45, 7) is 1.63. The summed E-state index contributed by atoms with van der Waals surface area (Å²) >= 11 is 0. The van der Waals surface area contributed by atoms with Crippen molar-refractivity contribution in [2.24, 2.45) is 5.73 Å². The monoisotopic (exact) mass is 328 g/mol. The fraction of sp³-hybridized carbons (Fsp3) is 0.316. The van der Waals surface area contributed by atoms with Crippen molar-refractivity contribution in [3.05, 3.63) is 65.5 Å². The summed E-state index contributed by atoms with van der Waals surface area (Å²) in [6.07, 6.45) is 1.90. The van der Waals surface area contributed by atoms with Gasteiger partial charge in [-0.05, 0) is 42.7 Å². The average molecular weight is 328 g/mol. The minimum Gasteiger partial charge on any atom is -0.489 e. The molecular formula is C19H21FN2O2. The van der Waals surface area contributed by atoms with Gasteiger partial charge in [-0.15, -0.1) is 0 Å². The Hall–Kier alpha value is -2.40. The molecule has 4 nitrogen and oxygen atoms in total. The molecule has 2 aromatic carbocycles. The van der Waals surface area contributed by atoms with E-state index in [4.69, 9.17) is 10.5 Å². The molecule has 1 fully saturated rings. The van der Waals surface area contributed by atoms with E-state index in [0.29, 0.717) is 17.9 Å². The highest BCUT2D eigenvalue weighted by Gasteiger charge is 2.22. The largest absolute Gasteiger partial charge is 0.489 e. The van der Waals surface area contributed by atoms with Crippen molar-refractivity contribution in [1.29, 1.82) is 0 Å². The van der Waals surface area contributed by atoms with Gasteiger partial charge in [-0.3, -0.25) is 4.79 Å². The average Bonchev–Trinajstić information content (AvgIpc) is 2.60. The summed E-state index contributed by atoms with van der Waals surface area (Å²) < 4.78 is 18.7. The Labute approximate surface area is 141 Å². The summed E-state index contributed by atoms with van der Waals surface area (Å²) in [5, 5.41) is 0. The van der Waals surface area contributed by atoms with Crippen LogP contribution in [0.5, 0.6) is 5.75 Å². The van der Waals surface area contributed by atoms with Crippen LogP contribution in [-0.4, -0.2) is 29.9 Å². The summed E-state index contributed by atoms with van der Waals surface area (Å²) in [7, 11) is 0. The topological polar surface area (TPSA) is 55.6 Å². The van der Waals surface area contributed by atoms with Crippen LogP contribution >= 0.6 is 0 Å². The highest BCUT2D eigenvalue weighted by Crippen LogP contribution is 2.17. The van der Waals surface area contributed by atoms with Gasteiger partial charge in [-0.1, -0.05) is 18.2 Å². The van der Waals surface area contributed by atoms with Crippen LogP contribution in [0.1, 0.15) is 28.8 Å². The van der Waals surface area contributed by atoms with Crippen LogP contribution < -0.4 is 10.5 Å². The number of nitrogens with two attached hydrogens (primary N) is 1. The number of hydrogen-bond acceptors (Lipinski definition) is 3. The number of likely N-dealkylation sites (tertiary alicyclic amines) is 1. The van der Waals surface area contributed by atoms with Crippen LogP contribution in [-0.2, 0) is 6.61 Å². The predicted molar refractivity (Wildman–Crippen MR) is 90.3 cm³/mol. The molecular weight excluding hydrogens is 307 g/mol. The first-order valence-corrected chi connectivity index (χ1v) is 8.14. The first kappa shape index (κ1) is 16.5.